The number of nitrogens with zero attached hydrogens (tertiary/aromatic N) is 2. The molecular formula is C14H19N3O2. The Morgan fingerprint density at radius 1 is 1.11 bits per heavy atom. The molecule has 5 nitrogen and oxygen atoms in total. The molecule has 0 unspecified atom stereocenters. The van der Waals surface area contributed by atoms with Crippen LogP contribution in [0.3, 0.4) is 0 Å². The summed E-state index contributed by atoms with van der Waals surface area (Å²) in [5, 5.41) is 2.37. The fourth-order valence-electron chi connectivity index (χ4n) is 2.20. The summed E-state index contributed by atoms with van der Waals surface area (Å²) in [6, 6.07) is 10.3. The molecule has 1 aliphatic rings. The minimum atomic E-state index is -0.531. The molecule has 0 radical (unpaired) electrons. The number of carbonyl (C=O) groups excluding carboxylic acids is 2. The van der Waals surface area contributed by atoms with E-state index in [9.17, 15) is 9.59 Å². The molecule has 1 heterocycles. The summed E-state index contributed by atoms with van der Waals surface area (Å²) in [5.41, 5.74) is 1.27. The van der Waals surface area contributed by atoms with E-state index in [1.807, 2.05) is 18.2 Å². The number of carbonyl (C=O) groups is 2. The zero-order valence-corrected chi connectivity index (χ0v) is 11.1. The number of rotatable bonds is 2. The van der Waals surface area contributed by atoms with Crippen molar-refractivity contribution in [2.45, 2.75) is 6.54 Å². The van der Waals surface area contributed by atoms with Crippen LogP contribution in [0, 0.1) is 0 Å². The first-order valence-corrected chi connectivity index (χ1v) is 6.48. The lowest BCUT2D eigenvalue weighted by Gasteiger charge is -2.34. The van der Waals surface area contributed by atoms with Crippen LogP contribution in [-0.2, 0) is 16.1 Å². The topological polar surface area (TPSA) is 52.7 Å². The van der Waals surface area contributed by atoms with E-state index >= 15 is 0 Å². The zero-order valence-electron chi connectivity index (χ0n) is 11.1. The van der Waals surface area contributed by atoms with Crippen LogP contribution in [-0.4, -0.2) is 54.8 Å². The van der Waals surface area contributed by atoms with Gasteiger partial charge in [0.15, 0.2) is 0 Å². The lowest BCUT2D eigenvalue weighted by molar-refractivity contribution is -0.146. The monoisotopic (exact) mass is 261 g/mol. The quantitative estimate of drug-likeness (QED) is 0.767. The van der Waals surface area contributed by atoms with Gasteiger partial charge in [-0.05, 0) is 5.56 Å². The molecule has 0 atom stereocenters. The molecular weight excluding hydrogens is 242 g/mol. The van der Waals surface area contributed by atoms with Crippen molar-refractivity contribution in [1.29, 1.82) is 0 Å². The number of likely N-dealkylation sites (N-methyl/N-ethyl adjacent to an activating group) is 1. The first kappa shape index (κ1) is 13.5. The molecule has 0 bridgehead atoms. The Morgan fingerprint density at radius 2 is 1.74 bits per heavy atom. The van der Waals surface area contributed by atoms with Gasteiger partial charge in [-0.15, -0.1) is 0 Å². The van der Waals surface area contributed by atoms with Gasteiger partial charge in [-0.25, -0.2) is 0 Å². The second-order valence-corrected chi connectivity index (χ2v) is 4.63. The molecule has 1 fully saturated rings. The van der Waals surface area contributed by atoms with Crippen LogP contribution in [0.2, 0.25) is 0 Å². The van der Waals surface area contributed by atoms with Crippen LogP contribution in [0.15, 0.2) is 30.3 Å². The lowest BCUT2D eigenvalue weighted by atomic mass is 10.2. The van der Waals surface area contributed by atoms with Crippen molar-refractivity contribution in [3.8, 4) is 0 Å². The van der Waals surface area contributed by atoms with Gasteiger partial charge in [0.1, 0.15) is 0 Å². The summed E-state index contributed by atoms with van der Waals surface area (Å²) in [4.78, 5) is 26.9. The molecule has 2 amide bonds. The van der Waals surface area contributed by atoms with Gasteiger partial charge in [-0.1, -0.05) is 30.3 Å². The predicted molar refractivity (Wildman–Crippen MR) is 72.4 cm³/mol. The fourth-order valence-corrected chi connectivity index (χ4v) is 2.20. The Kier molecular flexibility index (Phi) is 4.52. The third kappa shape index (κ3) is 3.54. The first-order chi connectivity index (χ1) is 9.20. The Hall–Kier alpha value is -1.88. The van der Waals surface area contributed by atoms with E-state index in [1.165, 1.54) is 12.6 Å². The lowest BCUT2D eigenvalue weighted by Crippen LogP contribution is -2.51. The molecule has 0 aromatic heterocycles. The predicted octanol–water partition coefficient (Wildman–Crippen LogP) is 0.0768. The van der Waals surface area contributed by atoms with Gasteiger partial charge in [-0.2, -0.15) is 0 Å². The van der Waals surface area contributed by atoms with E-state index in [2.05, 4.69) is 22.3 Å². The van der Waals surface area contributed by atoms with Crippen molar-refractivity contribution in [3.05, 3.63) is 35.9 Å². The summed E-state index contributed by atoms with van der Waals surface area (Å²) < 4.78 is 0. The molecule has 0 saturated carbocycles. The first-order valence-electron chi connectivity index (χ1n) is 6.48. The van der Waals surface area contributed by atoms with Gasteiger partial charge in [0.2, 0.25) is 0 Å². The normalized spacial score (nSPS) is 16.2. The largest absolute Gasteiger partial charge is 0.351 e. The zero-order chi connectivity index (χ0) is 13.7. The molecule has 1 N–H and O–H groups in total. The van der Waals surface area contributed by atoms with Crippen molar-refractivity contribution in [2.75, 3.05) is 33.2 Å². The number of benzene rings is 1. The third-order valence-corrected chi connectivity index (χ3v) is 3.33. The third-order valence-electron chi connectivity index (χ3n) is 3.33. The number of hydrogen-bond acceptors (Lipinski definition) is 3. The molecule has 19 heavy (non-hydrogen) atoms. The van der Waals surface area contributed by atoms with Crippen molar-refractivity contribution < 1.29 is 9.59 Å². The van der Waals surface area contributed by atoms with Crippen LogP contribution < -0.4 is 5.32 Å². The number of amides is 2. The van der Waals surface area contributed by atoms with Crippen molar-refractivity contribution in [1.82, 2.24) is 15.1 Å². The molecule has 1 aliphatic heterocycles. The fraction of sp³-hybridized carbons (Fsp3) is 0.429. The minimum absolute atomic E-state index is 0.429. The van der Waals surface area contributed by atoms with E-state index in [-0.39, 0.29) is 0 Å². The average molecular weight is 261 g/mol. The molecule has 1 aromatic carbocycles. The van der Waals surface area contributed by atoms with Gasteiger partial charge < -0.3 is 10.2 Å². The highest BCUT2D eigenvalue weighted by atomic mass is 16.2. The number of nitrogens with one attached hydrogen (secondary N) is 1. The van der Waals surface area contributed by atoms with Gasteiger partial charge in [0, 0.05) is 39.8 Å². The van der Waals surface area contributed by atoms with Crippen LogP contribution in [0.5, 0.6) is 0 Å². The summed E-state index contributed by atoms with van der Waals surface area (Å²) in [7, 11) is 1.48. The molecule has 0 spiro atoms. The minimum Gasteiger partial charge on any atom is -0.351 e. The Labute approximate surface area is 113 Å². The van der Waals surface area contributed by atoms with Crippen molar-refractivity contribution in [3.63, 3.8) is 0 Å². The maximum atomic E-state index is 11.7. The van der Waals surface area contributed by atoms with Crippen LogP contribution >= 0.6 is 0 Å². The van der Waals surface area contributed by atoms with Crippen molar-refractivity contribution in [2.24, 2.45) is 0 Å². The van der Waals surface area contributed by atoms with E-state index < -0.39 is 11.8 Å². The number of piperazine rings is 1. The number of hydrogen-bond donors (Lipinski definition) is 1. The molecule has 5 heteroatoms. The highest BCUT2D eigenvalue weighted by Crippen LogP contribution is 2.08. The summed E-state index contributed by atoms with van der Waals surface area (Å²) in [5.74, 6) is -0.960. The highest BCUT2D eigenvalue weighted by molar-refractivity contribution is 6.34. The Balaban J connectivity index is 1.83. The Bertz CT molecular complexity index is 439. The summed E-state index contributed by atoms with van der Waals surface area (Å²) in [6.45, 7) is 3.72. The second-order valence-electron chi connectivity index (χ2n) is 4.63. The van der Waals surface area contributed by atoms with Crippen LogP contribution in [0.1, 0.15) is 5.56 Å². The van der Waals surface area contributed by atoms with Gasteiger partial charge in [-0.3, -0.25) is 14.5 Å². The van der Waals surface area contributed by atoms with Gasteiger partial charge >= 0.3 is 11.8 Å². The van der Waals surface area contributed by atoms with Crippen LogP contribution in [0.25, 0.3) is 0 Å². The van der Waals surface area contributed by atoms with E-state index in [1.54, 1.807) is 4.90 Å². The average Bonchev–Trinajstić information content (AvgIpc) is 2.47. The van der Waals surface area contributed by atoms with Gasteiger partial charge in [0.25, 0.3) is 0 Å². The molecule has 102 valence electrons. The maximum Gasteiger partial charge on any atom is 0.311 e. The summed E-state index contributed by atoms with van der Waals surface area (Å²) >= 11 is 0. The molecule has 0 aliphatic carbocycles. The van der Waals surface area contributed by atoms with E-state index in [4.69, 9.17) is 0 Å². The second kappa shape index (κ2) is 6.33. The highest BCUT2D eigenvalue weighted by Gasteiger charge is 2.24. The van der Waals surface area contributed by atoms with Crippen LogP contribution in [0.4, 0.5) is 0 Å². The SMILES string of the molecule is CNC(=O)C(=O)N1CCN(Cc2ccccc2)CC1. The molecule has 1 aromatic rings. The van der Waals surface area contributed by atoms with Gasteiger partial charge in [0.05, 0.1) is 0 Å². The summed E-state index contributed by atoms with van der Waals surface area (Å²) in [6.07, 6.45) is 0. The van der Waals surface area contributed by atoms with E-state index in [0.29, 0.717) is 13.1 Å². The maximum absolute atomic E-state index is 11.7. The smallest absolute Gasteiger partial charge is 0.311 e. The molecule has 2 rings (SSSR count). The van der Waals surface area contributed by atoms with Crippen molar-refractivity contribution >= 4 is 11.8 Å². The molecule has 1 saturated heterocycles. The Morgan fingerprint density at radius 3 is 2.32 bits per heavy atom. The standard InChI is InChI=1S/C14H19N3O2/c1-15-13(18)14(19)17-9-7-16(8-10-17)11-12-5-3-2-4-6-12/h2-6H,7-11H2,1H3,(H,15,18). The van der Waals surface area contributed by atoms with E-state index in [0.717, 1.165) is 19.6 Å².